The van der Waals surface area contributed by atoms with Crippen LogP contribution in [0.25, 0.3) is 10.8 Å². The number of halogens is 1. The van der Waals surface area contributed by atoms with Crippen LogP contribution in [-0.2, 0) is 22.8 Å². The van der Waals surface area contributed by atoms with Gasteiger partial charge in [0.05, 0.1) is 28.6 Å². The number of anilines is 2. The van der Waals surface area contributed by atoms with Crippen LogP contribution >= 0.6 is 11.6 Å². The largest absolute Gasteiger partial charge is 0.461 e. The first-order valence-corrected chi connectivity index (χ1v) is 16.1. The van der Waals surface area contributed by atoms with Crippen molar-refractivity contribution in [1.82, 2.24) is 14.9 Å². The lowest BCUT2D eigenvalue weighted by Crippen LogP contribution is -2.43. The van der Waals surface area contributed by atoms with Crippen LogP contribution in [0.4, 0.5) is 11.5 Å². The second-order valence-corrected chi connectivity index (χ2v) is 13.7. The molecule has 0 spiro atoms. The molecule has 2 fully saturated rings. The summed E-state index contributed by atoms with van der Waals surface area (Å²) in [4.78, 5) is 16.6. The molecule has 3 aromatic rings. The predicted octanol–water partition coefficient (Wildman–Crippen LogP) is 4.85. The molecule has 3 aliphatic heterocycles. The Morgan fingerprint density at radius 1 is 1.12 bits per heavy atom. The Labute approximate surface area is 241 Å². The number of hydrogen-bond acceptors (Lipinski definition) is 8. The van der Waals surface area contributed by atoms with Gasteiger partial charge in [0, 0.05) is 42.2 Å². The highest BCUT2D eigenvalue weighted by Gasteiger charge is 2.45. The quantitative estimate of drug-likeness (QED) is 0.355. The Morgan fingerprint density at radius 3 is 2.62 bits per heavy atom. The molecule has 40 heavy (non-hydrogen) atoms. The van der Waals surface area contributed by atoms with E-state index in [0.29, 0.717) is 25.7 Å². The van der Waals surface area contributed by atoms with Crippen LogP contribution in [0, 0.1) is 0 Å². The molecule has 2 aromatic carbocycles. The molecule has 0 unspecified atom stereocenters. The maximum absolute atomic E-state index is 12.2. The van der Waals surface area contributed by atoms with Crippen molar-refractivity contribution in [2.45, 2.75) is 44.2 Å². The molecule has 2 saturated heterocycles. The summed E-state index contributed by atoms with van der Waals surface area (Å²) >= 11 is 6.67. The molecule has 8 nitrogen and oxygen atoms in total. The highest BCUT2D eigenvalue weighted by Crippen LogP contribution is 2.40. The average molecular weight is 582 g/mol. The van der Waals surface area contributed by atoms with Crippen molar-refractivity contribution in [1.29, 1.82) is 0 Å². The van der Waals surface area contributed by atoms with Gasteiger partial charge in [-0.3, -0.25) is 4.90 Å². The van der Waals surface area contributed by atoms with E-state index >= 15 is 0 Å². The number of rotatable bonds is 9. The Hall–Kier alpha value is -2.88. The van der Waals surface area contributed by atoms with Gasteiger partial charge in [-0.25, -0.2) is 8.42 Å². The lowest BCUT2D eigenvalue weighted by atomic mass is 9.95. The number of benzene rings is 2. The molecule has 0 radical (unpaired) electrons. The van der Waals surface area contributed by atoms with E-state index < -0.39 is 9.84 Å². The highest BCUT2D eigenvalue weighted by atomic mass is 35.5. The SMILES string of the molecule is C=CS(=O)(=O)CCN(C)c1nc(OCC23CCCN2CCC3)nc2c1CCN(c1cccc3cccc(Cl)c13)C2. The Kier molecular flexibility index (Phi) is 7.39. The summed E-state index contributed by atoms with van der Waals surface area (Å²) in [5.74, 6) is 0.711. The van der Waals surface area contributed by atoms with Gasteiger partial charge < -0.3 is 14.5 Å². The molecule has 0 bridgehead atoms. The summed E-state index contributed by atoms with van der Waals surface area (Å²) in [5.41, 5.74) is 3.10. The van der Waals surface area contributed by atoms with Crippen LogP contribution in [0.15, 0.2) is 48.4 Å². The highest BCUT2D eigenvalue weighted by molar-refractivity contribution is 7.94. The van der Waals surface area contributed by atoms with E-state index in [2.05, 4.69) is 40.6 Å². The van der Waals surface area contributed by atoms with Gasteiger partial charge in [-0.15, -0.1) is 0 Å². The first kappa shape index (κ1) is 27.3. The number of aromatic nitrogens is 2. The normalized spacial score (nSPS) is 18.5. The maximum atomic E-state index is 12.2. The molecule has 0 atom stereocenters. The van der Waals surface area contributed by atoms with Gasteiger partial charge in [0.1, 0.15) is 12.4 Å². The van der Waals surface area contributed by atoms with Crippen molar-refractivity contribution < 1.29 is 13.2 Å². The van der Waals surface area contributed by atoms with E-state index in [4.69, 9.17) is 26.3 Å². The zero-order valence-corrected chi connectivity index (χ0v) is 24.6. The van der Waals surface area contributed by atoms with E-state index in [1.165, 1.54) is 12.8 Å². The van der Waals surface area contributed by atoms with Crippen LogP contribution in [0.1, 0.15) is 36.9 Å². The standard InChI is InChI=1S/C30H36ClN5O3S/c1-3-40(37,38)19-18-34(2)28-23-12-17-35(26-11-5-9-22-8-4-10-24(31)27(22)26)20-25(23)32-29(33-28)39-21-30-13-6-15-36(30)16-7-14-30/h3-5,8-11H,1,6-7,12-21H2,2H3. The zero-order valence-electron chi connectivity index (χ0n) is 23.0. The summed E-state index contributed by atoms with van der Waals surface area (Å²) in [7, 11) is -1.45. The molecule has 0 amide bonds. The average Bonchev–Trinajstić information content (AvgIpc) is 3.55. The molecule has 0 saturated carbocycles. The molecule has 0 aliphatic carbocycles. The van der Waals surface area contributed by atoms with Gasteiger partial charge in [-0.2, -0.15) is 9.97 Å². The predicted molar refractivity (Wildman–Crippen MR) is 161 cm³/mol. The third-order valence-electron chi connectivity index (χ3n) is 8.80. The lowest BCUT2D eigenvalue weighted by molar-refractivity contribution is 0.107. The van der Waals surface area contributed by atoms with Crippen molar-refractivity contribution >= 4 is 43.7 Å². The fourth-order valence-corrected chi connectivity index (χ4v) is 7.60. The number of ether oxygens (including phenoxy) is 1. The molecule has 3 aliphatic rings. The molecular weight excluding hydrogens is 546 g/mol. The Balaban J connectivity index is 1.33. The van der Waals surface area contributed by atoms with Crippen LogP contribution in [0.3, 0.4) is 0 Å². The van der Waals surface area contributed by atoms with Crippen LogP contribution < -0.4 is 14.5 Å². The summed E-state index contributed by atoms with van der Waals surface area (Å²) in [6.07, 6.45) is 5.40. The van der Waals surface area contributed by atoms with E-state index in [1.54, 1.807) is 0 Å². The molecule has 212 valence electrons. The van der Waals surface area contributed by atoms with Crippen molar-refractivity contribution in [3.8, 4) is 6.01 Å². The molecule has 1 aromatic heterocycles. The van der Waals surface area contributed by atoms with Crippen molar-refractivity contribution in [2.75, 3.05) is 55.4 Å². The second-order valence-electron chi connectivity index (χ2n) is 11.2. The van der Waals surface area contributed by atoms with Gasteiger partial charge in [0.15, 0.2) is 9.84 Å². The summed E-state index contributed by atoms with van der Waals surface area (Å²) in [5, 5.41) is 3.88. The second kappa shape index (κ2) is 10.8. The fourth-order valence-electron chi connectivity index (χ4n) is 6.63. The summed E-state index contributed by atoms with van der Waals surface area (Å²) in [6, 6.07) is 12.6. The lowest BCUT2D eigenvalue weighted by Gasteiger charge is -2.34. The van der Waals surface area contributed by atoms with Crippen molar-refractivity contribution in [3.63, 3.8) is 0 Å². The Morgan fingerprint density at radius 2 is 1.88 bits per heavy atom. The number of nitrogens with zero attached hydrogens (tertiary/aromatic N) is 5. The van der Waals surface area contributed by atoms with E-state index in [0.717, 1.165) is 82.9 Å². The molecular formula is C30H36ClN5O3S. The minimum Gasteiger partial charge on any atom is -0.461 e. The first-order valence-electron chi connectivity index (χ1n) is 14.0. The van der Waals surface area contributed by atoms with E-state index in [1.807, 2.05) is 24.1 Å². The fraction of sp³-hybridized carbons (Fsp3) is 0.467. The molecule has 0 N–H and O–H groups in total. The van der Waals surface area contributed by atoms with Gasteiger partial charge >= 0.3 is 6.01 Å². The minimum atomic E-state index is -3.33. The van der Waals surface area contributed by atoms with Gasteiger partial charge in [-0.05, 0) is 62.7 Å². The number of fused-ring (bicyclic) bond motifs is 3. The number of hydrogen-bond donors (Lipinski definition) is 0. The third-order valence-corrected chi connectivity index (χ3v) is 10.4. The third kappa shape index (κ3) is 5.15. The number of sulfone groups is 1. The van der Waals surface area contributed by atoms with Gasteiger partial charge in [0.2, 0.25) is 0 Å². The van der Waals surface area contributed by atoms with Crippen LogP contribution in [0.2, 0.25) is 5.02 Å². The first-order chi connectivity index (χ1) is 19.3. The van der Waals surface area contributed by atoms with Crippen molar-refractivity contribution in [2.24, 2.45) is 0 Å². The summed E-state index contributed by atoms with van der Waals surface area (Å²) in [6.45, 7) is 7.93. The van der Waals surface area contributed by atoms with E-state index in [9.17, 15) is 8.42 Å². The van der Waals surface area contributed by atoms with Crippen LogP contribution in [-0.4, -0.2) is 74.4 Å². The minimum absolute atomic E-state index is 0.0271. The van der Waals surface area contributed by atoms with E-state index in [-0.39, 0.29) is 11.3 Å². The van der Waals surface area contributed by atoms with Gasteiger partial charge in [-0.1, -0.05) is 42.4 Å². The molecule has 4 heterocycles. The smallest absolute Gasteiger partial charge is 0.318 e. The van der Waals surface area contributed by atoms with Gasteiger partial charge in [0.25, 0.3) is 0 Å². The summed E-state index contributed by atoms with van der Waals surface area (Å²) < 4.78 is 30.7. The Bertz CT molecular complexity index is 1530. The van der Waals surface area contributed by atoms with Crippen molar-refractivity contribution in [3.05, 3.63) is 64.7 Å². The molecule has 10 heteroatoms. The monoisotopic (exact) mass is 581 g/mol. The van der Waals surface area contributed by atoms with Crippen LogP contribution in [0.5, 0.6) is 6.01 Å². The molecule has 6 rings (SSSR count). The maximum Gasteiger partial charge on any atom is 0.318 e. The zero-order chi connectivity index (χ0) is 27.9. The topological polar surface area (TPSA) is 78.9 Å².